The molecule has 1 aliphatic rings. The molecule has 1 heterocycles. The van der Waals surface area contributed by atoms with Gasteiger partial charge in [0.15, 0.2) is 5.70 Å². The molecule has 4 nitrogen and oxygen atoms in total. The molecule has 0 fully saturated rings. The number of phenols is 1. The van der Waals surface area contributed by atoms with E-state index in [1.807, 2.05) is 13.8 Å². The van der Waals surface area contributed by atoms with Gasteiger partial charge in [-0.3, -0.25) is 0 Å². The average molecular weight is 217 g/mol. The number of nitrogens with one attached hydrogen (secondary N) is 1. The lowest BCUT2D eigenvalue weighted by atomic mass is 10.2. The van der Waals surface area contributed by atoms with E-state index >= 15 is 0 Å². The van der Waals surface area contributed by atoms with Crippen LogP contribution >= 0.6 is 0 Å². The SMILES string of the molecule is CC1=C(C)[N+](=Cc2ccc(O)cc2)C(=O)N1. The highest BCUT2D eigenvalue weighted by atomic mass is 16.3. The van der Waals surface area contributed by atoms with Gasteiger partial charge in [-0.1, -0.05) is 0 Å². The number of carbonyl (C=O) groups is 1. The van der Waals surface area contributed by atoms with Crippen molar-refractivity contribution in [3.05, 3.63) is 41.2 Å². The summed E-state index contributed by atoms with van der Waals surface area (Å²) in [5, 5.41) is 11.9. The molecule has 2 N–H and O–H groups in total. The van der Waals surface area contributed by atoms with Gasteiger partial charge in [0.05, 0.1) is 0 Å². The first-order chi connectivity index (χ1) is 7.58. The molecule has 82 valence electrons. The second-order valence-electron chi connectivity index (χ2n) is 3.73. The predicted molar refractivity (Wildman–Crippen MR) is 60.4 cm³/mol. The number of amides is 2. The smallest absolute Gasteiger partial charge is 0.501 e. The number of allylic oxidation sites excluding steroid dienone is 2. The van der Waals surface area contributed by atoms with Crippen LogP contribution in [0.2, 0.25) is 0 Å². The zero-order valence-corrected chi connectivity index (χ0v) is 9.19. The van der Waals surface area contributed by atoms with Crippen LogP contribution in [0.25, 0.3) is 0 Å². The minimum absolute atomic E-state index is 0.150. The largest absolute Gasteiger partial charge is 0.508 e. The van der Waals surface area contributed by atoms with Crippen LogP contribution in [0.1, 0.15) is 19.4 Å². The summed E-state index contributed by atoms with van der Waals surface area (Å²) in [4.78, 5) is 11.6. The fraction of sp³-hybridized carbons (Fsp3) is 0.167. The summed E-state index contributed by atoms with van der Waals surface area (Å²) in [6.45, 7) is 3.74. The summed E-state index contributed by atoms with van der Waals surface area (Å²) >= 11 is 0. The van der Waals surface area contributed by atoms with Gasteiger partial charge in [0.1, 0.15) is 17.7 Å². The van der Waals surface area contributed by atoms with Crippen LogP contribution in [0.3, 0.4) is 0 Å². The molecular weight excluding hydrogens is 204 g/mol. The lowest BCUT2D eigenvalue weighted by Gasteiger charge is -1.96. The van der Waals surface area contributed by atoms with Gasteiger partial charge in [0.2, 0.25) is 0 Å². The molecule has 0 aliphatic carbocycles. The minimum Gasteiger partial charge on any atom is -0.508 e. The third kappa shape index (κ3) is 1.82. The number of hydrogen-bond donors (Lipinski definition) is 2. The van der Waals surface area contributed by atoms with Crippen LogP contribution in [0.5, 0.6) is 5.75 Å². The fourth-order valence-corrected chi connectivity index (χ4v) is 1.51. The Labute approximate surface area is 93.5 Å². The molecule has 0 unspecified atom stereocenters. The molecule has 16 heavy (non-hydrogen) atoms. The summed E-state index contributed by atoms with van der Waals surface area (Å²) < 4.78 is 1.56. The highest BCUT2D eigenvalue weighted by molar-refractivity contribution is 5.83. The van der Waals surface area contributed by atoms with Crippen LogP contribution in [-0.2, 0) is 0 Å². The highest BCUT2D eigenvalue weighted by Gasteiger charge is 2.29. The van der Waals surface area contributed by atoms with Crippen LogP contribution in [0, 0.1) is 0 Å². The number of hydrogen-bond acceptors (Lipinski definition) is 2. The van der Waals surface area contributed by atoms with Gasteiger partial charge in [-0.2, -0.15) is 9.37 Å². The average Bonchev–Trinajstić information content (AvgIpc) is 2.48. The molecule has 0 spiro atoms. The number of benzene rings is 1. The monoisotopic (exact) mass is 217 g/mol. The second-order valence-corrected chi connectivity index (χ2v) is 3.73. The van der Waals surface area contributed by atoms with Crippen molar-refractivity contribution in [2.75, 3.05) is 0 Å². The Morgan fingerprint density at radius 3 is 2.38 bits per heavy atom. The van der Waals surface area contributed by atoms with Crippen LogP contribution in [-0.4, -0.2) is 21.9 Å². The Morgan fingerprint density at radius 2 is 1.88 bits per heavy atom. The Hall–Kier alpha value is -2.10. The van der Waals surface area contributed by atoms with Crippen molar-refractivity contribution >= 4 is 12.2 Å². The van der Waals surface area contributed by atoms with E-state index in [0.717, 1.165) is 17.0 Å². The first kappa shape index (κ1) is 10.4. The van der Waals surface area contributed by atoms with Crippen LogP contribution in [0.4, 0.5) is 4.79 Å². The third-order valence-electron chi connectivity index (χ3n) is 2.59. The molecule has 0 atom stereocenters. The molecule has 4 heteroatoms. The van der Waals surface area contributed by atoms with E-state index in [1.165, 1.54) is 0 Å². The van der Waals surface area contributed by atoms with Crippen molar-refractivity contribution in [2.24, 2.45) is 0 Å². The molecule has 1 aromatic carbocycles. The maximum Gasteiger partial charge on any atom is 0.501 e. The molecule has 0 saturated carbocycles. The third-order valence-corrected chi connectivity index (χ3v) is 2.59. The van der Waals surface area contributed by atoms with Gasteiger partial charge < -0.3 is 5.11 Å². The van der Waals surface area contributed by atoms with E-state index in [2.05, 4.69) is 5.32 Å². The lowest BCUT2D eigenvalue weighted by molar-refractivity contribution is -0.358. The Kier molecular flexibility index (Phi) is 2.48. The molecular formula is C12H13N2O2+. The number of rotatable bonds is 1. The number of phenolic OH excluding ortho intramolecular Hbond substituents is 1. The van der Waals surface area contributed by atoms with E-state index in [4.69, 9.17) is 5.11 Å². The quantitative estimate of drug-likeness (QED) is 0.705. The maximum atomic E-state index is 11.6. The second kappa shape index (κ2) is 3.81. The Balaban J connectivity index is 2.38. The van der Waals surface area contributed by atoms with Crippen LogP contribution in [0.15, 0.2) is 35.7 Å². The van der Waals surface area contributed by atoms with Crippen molar-refractivity contribution in [3.8, 4) is 5.75 Å². The van der Waals surface area contributed by atoms with Gasteiger partial charge in [0, 0.05) is 19.4 Å². The maximum absolute atomic E-state index is 11.6. The summed E-state index contributed by atoms with van der Waals surface area (Å²) in [7, 11) is 0. The Bertz CT molecular complexity index is 498. The van der Waals surface area contributed by atoms with Crippen molar-refractivity contribution in [3.63, 3.8) is 0 Å². The molecule has 0 radical (unpaired) electrons. The number of nitrogens with zero attached hydrogens (tertiary/aromatic N) is 1. The first-order valence-electron chi connectivity index (χ1n) is 4.99. The van der Waals surface area contributed by atoms with Crippen molar-refractivity contribution in [1.29, 1.82) is 0 Å². The summed E-state index contributed by atoms with van der Waals surface area (Å²) in [6, 6.07) is 6.54. The standard InChI is InChI=1S/C12H12N2O2/c1-8-9(2)14(12(16)13-8)7-10-3-5-11(15)6-4-10/h3-7H,1-2H3,(H,13,16)/p+1. The number of urea groups is 1. The van der Waals surface area contributed by atoms with Gasteiger partial charge in [-0.15, -0.1) is 0 Å². The molecule has 0 bridgehead atoms. The molecule has 2 amide bonds. The Morgan fingerprint density at radius 1 is 1.25 bits per heavy atom. The van der Waals surface area contributed by atoms with Gasteiger partial charge >= 0.3 is 6.03 Å². The van der Waals surface area contributed by atoms with E-state index < -0.39 is 0 Å². The highest BCUT2D eigenvalue weighted by Crippen LogP contribution is 2.12. The summed E-state index contributed by atoms with van der Waals surface area (Å²) in [5.74, 6) is 0.214. The number of carbonyl (C=O) groups excluding carboxylic acids is 1. The van der Waals surface area contributed by atoms with Gasteiger partial charge in [-0.05, 0) is 24.3 Å². The molecule has 1 aromatic rings. The van der Waals surface area contributed by atoms with E-state index in [-0.39, 0.29) is 11.8 Å². The van der Waals surface area contributed by atoms with Crippen molar-refractivity contribution in [2.45, 2.75) is 13.8 Å². The predicted octanol–water partition coefficient (Wildman–Crippen LogP) is 1.80. The van der Waals surface area contributed by atoms with Crippen molar-refractivity contribution in [1.82, 2.24) is 5.32 Å². The van der Waals surface area contributed by atoms with E-state index in [9.17, 15) is 4.79 Å². The first-order valence-corrected chi connectivity index (χ1v) is 4.99. The minimum atomic E-state index is -0.150. The van der Waals surface area contributed by atoms with Crippen LogP contribution < -0.4 is 5.32 Å². The van der Waals surface area contributed by atoms with E-state index in [1.54, 1.807) is 35.1 Å². The zero-order valence-electron chi connectivity index (χ0n) is 9.19. The summed E-state index contributed by atoms with van der Waals surface area (Å²) in [6.07, 6.45) is 1.74. The summed E-state index contributed by atoms with van der Waals surface area (Å²) in [5.41, 5.74) is 2.61. The fourth-order valence-electron chi connectivity index (χ4n) is 1.51. The number of aromatic hydroxyl groups is 1. The topological polar surface area (TPSA) is 52.3 Å². The molecule has 0 saturated heterocycles. The lowest BCUT2D eigenvalue weighted by Crippen LogP contribution is -2.22. The van der Waals surface area contributed by atoms with Gasteiger partial charge in [0.25, 0.3) is 0 Å². The van der Waals surface area contributed by atoms with Crippen molar-refractivity contribution < 1.29 is 14.5 Å². The molecule has 0 aromatic heterocycles. The molecule has 2 rings (SSSR count). The zero-order chi connectivity index (χ0) is 11.7. The normalized spacial score (nSPS) is 18.1. The molecule has 1 aliphatic heterocycles. The van der Waals surface area contributed by atoms with E-state index in [0.29, 0.717) is 0 Å². The van der Waals surface area contributed by atoms with Gasteiger partial charge in [-0.25, -0.2) is 5.32 Å².